The zero-order valence-corrected chi connectivity index (χ0v) is 20.5. The molecule has 3 aromatic carbocycles. The smallest absolute Gasteiger partial charge is 0.253 e. The Kier molecular flexibility index (Phi) is 8.09. The molecular weight excluding hydrogens is 471 g/mol. The minimum atomic E-state index is 0.104. The van der Waals surface area contributed by atoms with Crippen molar-refractivity contribution in [2.75, 3.05) is 20.2 Å². The molecule has 1 fully saturated rings. The standard InChI is InChI=1S/C27H26Cl2N2O3/c1-33-26-15-20(17-30-22-10-11-23(28)24(29)16-22)7-12-25(26)34-18-19-5-8-21(9-6-19)27(32)31-13-3-2-4-14-31/h5-12,15-17H,2-4,13-14,18H2,1H3. The minimum absolute atomic E-state index is 0.104. The molecular formula is C27H26Cl2N2O3. The van der Waals surface area contributed by atoms with Crippen LogP contribution >= 0.6 is 23.2 Å². The summed E-state index contributed by atoms with van der Waals surface area (Å²) in [6.45, 7) is 2.06. The summed E-state index contributed by atoms with van der Waals surface area (Å²) >= 11 is 12.0. The van der Waals surface area contributed by atoms with Crippen molar-refractivity contribution in [2.45, 2.75) is 25.9 Å². The Morgan fingerprint density at radius 1 is 0.941 bits per heavy atom. The number of hydrogen-bond donors (Lipinski definition) is 0. The van der Waals surface area contributed by atoms with E-state index in [2.05, 4.69) is 4.99 Å². The van der Waals surface area contributed by atoms with Crippen LogP contribution in [0.3, 0.4) is 0 Å². The highest BCUT2D eigenvalue weighted by molar-refractivity contribution is 6.42. The van der Waals surface area contributed by atoms with Crippen molar-refractivity contribution in [3.05, 3.63) is 87.4 Å². The molecule has 0 radical (unpaired) electrons. The zero-order chi connectivity index (χ0) is 23.9. The lowest BCUT2D eigenvalue weighted by Crippen LogP contribution is -2.35. The van der Waals surface area contributed by atoms with E-state index in [1.165, 1.54) is 6.42 Å². The van der Waals surface area contributed by atoms with Gasteiger partial charge >= 0.3 is 0 Å². The van der Waals surface area contributed by atoms with Crippen LogP contribution in [0.1, 0.15) is 40.7 Å². The predicted molar refractivity (Wildman–Crippen MR) is 137 cm³/mol. The first-order chi connectivity index (χ1) is 16.5. The maximum atomic E-state index is 12.6. The van der Waals surface area contributed by atoms with Gasteiger partial charge in [0.15, 0.2) is 11.5 Å². The van der Waals surface area contributed by atoms with Gasteiger partial charge in [0, 0.05) is 24.9 Å². The van der Waals surface area contributed by atoms with E-state index >= 15 is 0 Å². The van der Waals surface area contributed by atoms with Gasteiger partial charge in [0.1, 0.15) is 6.61 Å². The third kappa shape index (κ3) is 6.10. The van der Waals surface area contributed by atoms with E-state index < -0.39 is 0 Å². The monoisotopic (exact) mass is 496 g/mol. The highest BCUT2D eigenvalue weighted by Crippen LogP contribution is 2.30. The summed E-state index contributed by atoms with van der Waals surface area (Å²) in [5.74, 6) is 1.34. The minimum Gasteiger partial charge on any atom is -0.493 e. The zero-order valence-electron chi connectivity index (χ0n) is 19.0. The highest BCUT2D eigenvalue weighted by atomic mass is 35.5. The summed E-state index contributed by atoms with van der Waals surface area (Å²) in [6.07, 6.45) is 5.09. The highest BCUT2D eigenvalue weighted by Gasteiger charge is 2.18. The largest absolute Gasteiger partial charge is 0.493 e. The van der Waals surface area contributed by atoms with Gasteiger partial charge in [-0.1, -0.05) is 35.3 Å². The number of carbonyl (C=O) groups excluding carboxylic acids is 1. The van der Waals surface area contributed by atoms with Crippen molar-refractivity contribution in [3.63, 3.8) is 0 Å². The van der Waals surface area contributed by atoms with Gasteiger partial charge in [0.2, 0.25) is 0 Å². The van der Waals surface area contributed by atoms with Gasteiger partial charge in [-0.2, -0.15) is 0 Å². The number of halogens is 2. The summed E-state index contributed by atoms with van der Waals surface area (Å²) in [7, 11) is 1.60. The quantitative estimate of drug-likeness (QED) is 0.332. The maximum Gasteiger partial charge on any atom is 0.253 e. The second-order valence-corrected chi connectivity index (χ2v) is 8.92. The number of piperidine rings is 1. The first-order valence-corrected chi connectivity index (χ1v) is 12.0. The molecule has 0 bridgehead atoms. The van der Waals surface area contributed by atoms with Crippen LogP contribution < -0.4 is 9.47 Å². The Morgan fingerprint density at radius 3 is 2.41 bits per heavy atom. The number of aliphatic imine (C=N–C) groups is 1. The van der Waals surface area contributed by atoms with E-state index in [0.29, 0.717) is 39.4 Å². The number of nitrogens with zero attached hydrogens (tertiary/aromatic N) is 2. The Labute approximate surface area is 209 Å². The van der Waals surface area contributed by atoms with E-state index in [-0.39, 0.29) is 5.91 Å². The van der Waals surface area contributed by atoms with Crippen molar-refractivity contribution in [3.8, 4) is 11.5 Å². The summed E-state index contributed by atoms with van der Waals surface area (Å²) < 4.78 is 11.5. The lowest BCUT2D eigenvalue weighted by Gasteiger charge is -2.26. The average Bonchev–Trinajstić information content (AvgIpc) is 2.88. The molecule has 0 aliphatic carbocycles. The fourth-order valence-corrected chi connectivity index (χ4v) is 4.07. The summed E-state index contributed by atoms with van der Waals surface area (Å²) in [6, 6.07) is 18.4. The lowest BCUT2D eigenvalue weighted by atomic mass is 10.1. The van der Waals surface area contributed by atoms with Crippen LogP contribution in [0.5, 0.6) is 11.5 Å². The summed E-state index contributed by atoms with van der Waals surface area (Å²) in [4.78, 5) is 19.0. The van der Waals surface area contributed by atoms with Crippen LogP contribution in [0.4, 0.5) is 5.69 Å². The number of ether oxygens (including phenoxy) is 2. The van der Waals surface area contributed by atoms with Crippen molar-refractivity contribution >= 4 is 41.0 Å². The molecule has 0 saturated carbocycles. The molecule has 0 aromatic heterocycles. The topological polar surface area (TPSA) is 51.1 Å². The molecule has 0 spiro atoms. The second kappa shape index (κ2) is 11.4. The van der Waals surface area contributed by atoms with Gasteiger partial charge in [-0.15, -0.1) is 0 Å². The van der Waals surface area contributed by atoms with Crippen LogP contribution in [-0.2, 0) is 6.61 Å². The molecule has 1 heterocycles. The van der Waals surface area contributed by atoms with E-state index in [4.69, 9.17) is 32.7 Å². The SMILES string of the molecule is COc1cc(C=Nc2ccc(Cl)c(Cl)c2)ccc1OCc1ccc(C(=O)N2CCCCC2)cc1. The Morgan fingerprint density at radius 2 is 1.71 bits per heavy atom. The molecule has 1 amide bonds. The first-order valence-electron chi connectivity index (χ1n) is 11.2. The number of amides is 1. The van der Waals surface area contributed by atoms with Gasteiger partial charge in [0.05, 0.1) is 22.8 Å². The number of rotatable bonds is 7. The molecule has 1 saturated heterocycles. The van der Waals surface area contributed by atoms with Crippen molar-refractivity contribution < 1.29 is 14.3 Å². The molecule has 3 aromatic rings. The van der Waals surface area contributed by atoms with E-state index in [1.54, 1.807) is 31.5 Å². The van der Waals surface area contributed by atoms with Crippen molar-refractivity contribution in [1.29, 1.82) is 0 Å². The van der Waals surface area contributed by atoms with E-state index in [9.17, 15) is 4.79 Å². The molecule has 1 aliphatic rings. The third-order valence-electron chi connectivity index (χ3n) is 5.69. The average molecular weight is 497 g/mol. The van der Waals surface area contributed by atoms with Gasteiger partial charge in [-0.25, -0.2) is 0 Å². The number of hydrogen-bond acceptors (Lipinski definition) is 4. The van der Waals surface area contributed by atoms with Crippen molar-refractivity contribution in [1.82, 2.24) is 4.90 Å². The normalized spacial score (nSPS) is 13.8. The van der Waals surface area contributed by atoms with Gasteiger partial charge < -0.3 is 14.4 Å². The molecule has 4 rings (SSSR count). The number of likely N-dealkylation sites (tertiary alicyclic amines) is 1. The Balaban J connectivity index is 1.38. The number of methoxy groups -OCH3 is 1. The number of carbonyl (C=O) groups is 1. The van der Waals surface area contributed by atoms with Crippen LogP contribution in [0.15, 0.2) is 65.7 Å². The third-order valence-corrected chi connectivity index (χ3v) is 6.43. The molecule has 34 heavy (non-hydrogen) atoms. The number of benzene rings is 3. The van der Waals surface area contributed by atoms with Crippen LogP contribution in [-0.4, -0.2) is 37.2 Å². The summed E-state index contributed by atoms with van der Waals surface area (Å²) in [5.41, 5.74) is 3.25. The molecule has 1 aliphatic heterocycles. The van der Waals surface area contributed by atoms with Gasteiger partial charge in [0.25, 0.3) is 5.91 Å². The second-order valence-electron chi connectivity index (χ2n) is 8.11. The first kappa shape index (κ1) is 24.1. The summed E-state index contributed by atoms with van der Waals surface area (Å²) in [5, 5.41) is 0.952. The van der Waals surface area contributed by atoms with Crippen LogP contribution in [0.2, 0.25) is 10.0 Å². The molecule has 0 atom stereocenters. The molecule has 0 unspecified atom stereocenters. The van der Waals surface area contributed by atoms with E-state index in [1.807, 2.05) is 47.4 Å². The molecule has 176 valence electrons. The fourth-order valence-electron chi connectivity index (χ4n) is 3.78. The molecule has 7 heteroatoms. The molecule has 5 nitrogen and oxygen atoms in total. The van der Waals surface area contributed by atoms with E-state index in [0.717, 1.165) is 37.1 Å². The predicted octanol–water partition coefficient (Wildman–Crippen LogP) is 6.96. The maximum absolute atomic E-state index is 12.6. The van der Waals surface area contributed by atoms with Gasteiger partial charge in [-0.05, 0) is 78.9 Å². The van der Waals surface area contributed by atoms with Crippen LogP contribution in [0, 0.1) is 0 Å². The lowest BCUT2D eigenvalue weighted by molar-refractivity contribution is 0.0724. The Bertz CT molecular complexity index is 1170. The fraction of sp³-hybridized carbons (Fsp3) is 0.259. The van der Waals surface area contributed by atoms with Crippen LogP contribution in [0.25, 0.3) is 0 Å². The molecule has 0 N–H and O–H groups in total. The Hall–Kier alpha value is -3.02. The van der Waals surface area contributed by atoms with Crippen molar-refractivity contribution in [2.24, 2.45) is 4.99 Å². The van der Waals surface area contributed by atoms with Gasteiger partial charge in [-0.3, -0.25) is 9.79 Å².